The first-order valence-corrected chi connectivity index (χ1v) is 7.82. The quantitative estimate of drug-likeness (QED) is 0.652. The summed E-state index contributed by atoms with van der Waals surface area (Å²) >= 11 is 0. The van der Waals surface area contributed by atoms with E-state index in [4.69, 9.17) is 0 Å². The fourth-order valence-electron chi connectivity index (χ4n) is 2.49. The fourth-order valence-corrected chi connectivity index (χ4v) is 2.49. The minimum Gasteiger partial charge on any atom is -0.364 e. The summed E-state index contributed by atoms with van der Waals surface area (Å²) in [4.78, 5) is 15.6. The zero-order chi connectivity index (χ0) is 15.2. The van der Waals surface area contributed by atoms with Gasteiger partial charge in [-0.25, -0.2) is 15.0 Å². The van der Waals surface area contributed by atoms with Gasteiger partial charge in [-0.2, -0.15) is 0 Å². The molecule has 0 bridgehead atoms. The maximum absolute atomic E-state index is 4.27. The molecule has 2 heterocycles. The van der Waals surface area contributed by atoms with E-state index >= 15 is 0 Å². The molecule has 0 saturated carbocycles. The number of fused-ring (bicyclic) bond motifs is 1. The Bertz CT molecular complexity index is 717. The number of imidazole rings is 1. The Labute approximate surface area is 130 Å². The highest BCUT2D eigenvalue weighted by molar-refractivity contribution is 5.81. The molecule has 0 aliphatic carbocycles. The van der Waals surface area contributed by atoms with Crippen molar-refractivity contribution < 1.29 is 0 Å². The van der Waals surface area contributed by atoms with Crippen LogP contribution in [-0.4, -0.2) is 19.9 Å². The number of unbranched alkanes of at least 4 members (excludes halogenated alkanes) is 2. The van der Waals surface area contributed by atoms with Gasteiger partial charge in [0, 0.05) is 6.54 Å². The molecule has 3 rings (SSSR count). The largest absolute Gasteiger partial charge is 0.364 e. The first kappa shape index (κ1) is 14.5. The highest BCUT2D eigenvalue weighted by Crippen LogP contribution is 2.16. The molecule has 0 atom stereocenters. The topological polar surface area (TPSA) is 66.5 Å². The van der Waals surface area contributed by atoms with Crippen LogP contribution in [0.1, 0.15) is 37.3 Å². The molecule has 5 nitrogen and oxygen atoms in total. The summed E-state index contributed by atoms with van der Waals surface area (Å²) in [7, 11) is 0. The average molecular weight is 295 g/mol. The van der Waals surface area contributed by atoms with Crippen molar-refractivity contribution in [2.75, 3.05) is 5.32 Å². The molecule has 3 aromatic rings. The second-order valence-electron chi connectivity index (χ2n) is 5.45. The summed E-state index contributed by atoms with van der Waals surface area (Å²) in [6.07, 6.45) is 8.17. The van der Waals surface area contributed by atoms with Gasteiger partial charge in [0.15, 0.2) is 11.5 Å². The summed E-state index contributed by atoms with van der Waals surface area (Å²) in [6.45, 7) is 2.97. The van der Waals surface area contributed by atoms with Crippen molar-refractivity contribution in [3.05, 3.63) is 48.0 Å². The van der Waals surface area contributed by atoms with Gasteiger partial charge in [-0.1, -0.05) is 44.0 Å². The van der Waals surface area contributed by atoms with Gasteiger partial charge in [0.25, 0.3) is 0 Å². The number of rotatable bonds is 7. The molecule has 22 heavy (non-hydrogen) atoms. The Hall–Kier alpha value is -2.43. The second kappa shape index (κ2) is 7.02. The molecule has 1 aromatic carbocycles. The monoisotopic (exact) mass is 295 g/mol. The van der Waals surface area contributed by atoms with E-state index in [0.29, 0.717) is 5.65 Å². The number of hydrogen-bond donors (Lipinski definition) is 2. The van der Waals surface area contributed by atoms with E-state index < -0.39 is 0 Å². The zero-order valence-corrected chi connectivity index (χ0v) is 12.8. The zero-order valence-electron chi connectivity index (χ0n) is 12.8. The lowest BCUT2D eigenvalue weighted by Gasteiger charge is -2.07. The first-order valence-electron chi connectivity index (χ1n) is 7.82. The smallest absolute Gasteiger partial charge is 0.182 e. The number of H-pyrrole nitrogens is 1. The lowest BCUT2D eigenvalue weighted by Crippen LogP contribution is -2.02. The third-order valence-electron chi connectivity index (χ3n) is 3.77. The molecule has 0 radical (unpaired) electrons. The van der Waals surface area contributed by atoms with E-state index in [1.807, 2.05) is 0 Å². The predicted molar refractivity (Wildman–Crippen MR) is 88.7 cm³/mol. The third-order valence-corrected chi connectivity index (χ3v) is 3.77. The van der Waals surface area contributed by atoms with Crippen molar-refractivity contribution in [3.63, 3.8) is 0 Å². The summed E-state index contributed by atoms with van der Waals surface area (Å²) in [5.41, 5.74) is 4.18. The second-order valence-corrected chi connectivity index (χ2v) is 5.45. The highest BCUT2D eigenvalue weighted by Gasteiger charge is 2.05. The number of aryl methyl sites for hydroxylation is 1. The maximum Gasteiger partial charge on any atom is 0.182 e. The van der Waals surface area contributed by atoms with Crippen LogP contribution in [0.3, 0.4) is 0 Å². The van der Waals surface area contributed by atoms with E-state index in [0.717, 1.165) is 17.9 Å². The molecule has 0 fully saturated rings. The summed E-state index contributed by atoms with van der Waals surface area (Å²) in [6, 6.07) is 8.80. The van der Waals surface area contributed by atoms with Crippen molar-refractivity contribution in [1.82, 2.24) is 19.9 Å². The number of anilines is 1. The van der Waals surface area contributed by atoms with Crippen LogP contribution >= 0.6 is 0 Å². The molecular weight excluding hydrogens is 274 g/mol. The number of hydrogen-bond acceptors (Lipinski definition) is 4. The SMILES string of the molecule is CCCCCc1ccc(CNc2ncnc3nc[nH]c23)cc1. The molecule has 0 unspecified atom stereocenters. The Morgan fingerprint density at radius 2 is 1.82 bits per heavy atom. The van der Waals surface area contributed by atoms with Crippen LogP contribution in [-0.2, 0) is 13.0 Å². The predicted octanol–water partition coefficient (Wildman–Crippen LogP) is 3.70. The molecule has 2 N–H and O–H groups in total. The van der Waals surface area contributed by atoms with Gasteiger partial charge >= 0.3 is 0 Å². The van der Waals surface area contributed by atoms with E-state index in [2.05, 4.69) is 56.4 Å². The lowest BCUT2D eigenvalue weighted by atomic mass is 10.1. The van der Waals surface area contributed by atoms with Crippen LogP contribution in [0, 0.1) is 0 Å². The van der Waals surface area contributed by atoms with Gasteiger partial charge in [-0.3, -0.25) is 0 Å². The van der Waals surface area contributed by atoms with Crippen LogP contribution in [0.5, 0.6) is 0 Å². The summed E-state index contributed by atoms with van der Waals surface area (Å²) < 4.78 is 0. The van der Waals surface area contributed by atoms with E-state index in [9.17, 15) is 0 Å². The van der Waals surface area contributed by atoms with Gasteiger partial charge in [-0.05, 0) is 24.0 Å². The van der Waals surface area contributed by atoms with E-state index in [1.165, 1.54) is 43.1 Å². The van der Waals surface area contributed by atoms with Gasteiger partial charge in [0.05, 0.1) is 6.33 Å². The molecule has 0 aliphatic heterocycles. The Kier molecular flexibility index (Phi) is 4.63. The summed E-state index contributed by atoms with van der Waals surface area (Å²) in [5, 5.41) is 3.34. The molecular formula is C17H21N5. The first-order chi connectivity index (χ1) is 10.9. The van der Waals surface area contributed by atoms with Gasteiger partial charge in [0.1, 0.15) is 11.8 Å². The molecule has 0 aliphatic rings. The van der Waals surface area contributed by atoms with Crippen molar-refractivity contribution in [2.45, 2.75) is 39.2 Å². The molecule has 0 spiro atoms. The van der Waals surface area contributed by atoms with Crippen LogP contribution in [0.25, 0.3) is 11.2 Å². The average Bonchev–Trinajstić information content (AvgIpc) is 3.03. The van der Waals surface area contributed by atoms with Crippen LogP contribution in [0.4, 0.5) is 5.82 Å². The van der Waals surface area contributed by atoms with Gasteiger partial charge in [-0.15, -0.1) is 0 Å². The standard InChI is InChI=1S/C17H21N5/c1-2-3-4-5-13-6-8-14(9-7-13)10-18-16-15-17(20-11-19-15)22-12-21-16/h6-9,11-12H,2-5,10H2,1H3,(H2,18,19,20,21,22). The van der Waals surface area contributed by atoms with Crippen molar-refractivity contribution in [3.8, 4) is 0 Å². The van der Waals surface area contributed by atoms with Crippen molar-refractivity contribution >= 4 is 17.0 Å². The van der Waals surface area contributed by atoms with E-state index in [-0.39, 0.29) is 0 Å². The number of nitrogens with one attached hydrogen (secondary N) is 2. The maximum atomic E-state index is 4.27. The number of aromatic nitrogens is 4. The van der Waals surface area contributed by atoms with Gasteiger partial charge < -0.3 is 10.3 Å². The fraction of sp³-hybridized carbons (Fsp3) is 0.353. The van der Waals surface area contributed by atoms with Crippen molar-refractivity contribution in [1.29, 1.82) is 0 Å². The number of aromatic amines is 1. The molecule has 0 saturated heterocycles. The van der Waals surface area contributed by atoms with Crippen LogP contribution in [0.2, 0.25) is 0 Å². The highest BCUT2D eigenvalue weighted by atomic mass is 15.1. The Morgan fingerprint density at radius 1 is 1.00 bits per heavy atom. The minimum atomic E-state index is 0.684. The van der Waals surface area contributed by atoms with E-state index in [1.54, 1.807) is 6.33 Å². The Balaban J connectivity index is 1.60. The van der Waals surface area contributed by atoms with Gasteiger partial charge in [0.2, 0.25) is 0 Å². The van der Waals surface area contributed by atoms with Crippen molar-refractivity contribution in [2.24, 2.45) is 0 Å². The number of benzene rings is 1. The normalized spacial score (nSPS) is 11.0. The summed E-state index contributed by atoms with van der Waals surface area (Å²) in [5.74, 6) is 0.787. The third kappa shape index (κ3) is 3.42. The number of nitrogens with zero attached hydrogens (tertiary/aromatic N) is 3. The minimum absolute atomic E-state index is 0.684. The Morgan fingerprint density at radius 3 is 2.64 bits per heavy atom. The lowest BCUT2D eigenvalue weighted by molar-refractivity contribution is 0.717. The van der Waals surface area contributed by atoms with Crippen LogP contribution < -0.4 is 5.32 Å². The molecule has 114 valence electrons. The molecule has 2 aromatic heterocycles. The molecule has 0 amide bonds. The van der Waals surface area contributed by atoms with Crippen LogP contribution in [0.15, 0.2) is 36.9 Å². The molecule has 5 heteroatoms.